The molecular weight excluding hydrogens is 274 g/mol. The SMILES string of the molecule is NC(=O)CN(CC(N)=O)c1cc2c(cc1N)NC(=O)CC2. The van der Waals surface area contributed by atoms with Gasteiger partial charge in [0.1, 0.15) is 0 Å². The lowest BCUT2D eigenvalue weighted by atomic mass is 10.0. The fourth-order valence-corrected chi connectivity index (χ4v) is 2.31. The van der Waals surface area contributed by atoms with Crippen LogP contribution in [0, 0.1) is 0 Å². The molecule has 1 aromatic rings. The van der Waals surface area contributed by atoms with Gasteiger partial charge in [-0.2, -0.15) is 0 Å². The molecule has 0 saturated heterocycles. The van der Waals surface area contributed by atoms with Gasteiger partial charge in [0, 0.05) is 12.1 Å². The van der Waals surface area contributed by atoms with Crippen LogP contribution in [0.5, 0.6) is 0 Å². The van der Waals surface area contributed by atoms with Crippen molar-refractivity contribution in [2.45, 2.75) is 12.8 Å². The van der Waals surface area contributed by atoms with Crippen molar-refractivity contribution in [1.82, 2.24) is 0 Å². The first-order valence-corrected chi connectivity index (χ1v) is 6.40. The predicted molar refractivity (Wildman–Crippen MR) is 78.4 cm³/mol. The van der Waals surface area contributed by atoms with Crippen LogP contribution in [0.3, 0.4) is 0 Å². The lowest BCUT2D eigenvalue weighted by molar-refractivity contribution is -0.118. The lowest BCUT2D eigenvalue weighted by Crippen LogP contribution is -2.40. The number of amides is 3. The summed E-state index contributed by atoms with van der Waals surface area (Å²) in [6, 6.07) is 3.35. The highest BCUT2D eigenvalue weighted by Crippen LogP contribution is 2.33. The number of carbonyl (C=O) groups is 3. The number of nitrogen functional groups attached to an aromatic ring is 1. The number of primary amides is 2. The second-order valence-corrected chi connectivity index (χ2v) is 4.91. The number of anilines is 3. The van der Waals surface area contributed by atoms with Gasteiger partial charge in [-0.3, -0.25) is 14.4 Å². The Bertz CT molecular complexity index is 598. The molecule has 0 spiro atoms. The molecule has 0 saturated carbocycles. The lowest BCUT2D eigenvalue weighted by Gasteiger charge is -2.26. The van der Waals surface area contributed by atoms with Crippen LogP contribution in [0.4, 0.5) is 17.1 Å². The van der Waals surface area contributed by atoms with Crippen LogP contribution in [0.2, 0.25) is 0 Å². The van der Waals surface area contributed by atoms with Crippen molar-refractivity contribution in [2.75, 3.05) is 29.0 Å². The first-order valence-electron chi connectivity index (χ1n) is 6.40. The smallest absolute Gasteiger partial charge is 0.236 e. The van der Waals surface area contributed by atoms with Crippen LogP contribution in [0.25, 0.3) is 0 Å². The van der Waals surface area contributed by atoms with Gasteiger partial charge in [0.25, 0.3) is 0 Å². The fourth-order valence-electron chi connectivity index (χ4n) is 2.31. The molecule has 0 unspecified atom stereocenters. The van der Waals surface area contributed by atoms with Crippen LogP contribution in [-0.4, -0.2) is 30.8 Å². The maximum absolute atomic E-state index is 11.4. The zero-order chi connectivity index (χ0) is 15.6. The summed E-state index contributed by atoms with van der Waals surface area (Å²) < 4.78 is 0. The number of benzene rings is 1. The number of carbonyl (C=O) groups excluding carboxylic acids is 3. The van der Waals surface area contributed by atoms with Crippen LogP contribution < -0.4 is 27.4 Å². The molecular formula is C13H17N5O3. The summed E-state index contributed by atoms with van der Waals surface area (Å²) in [5, 5.41) is 2.73. The number of hydrogen-bond acceptors (Lipinski definition) is 5. The molecule has 1 heterocycles. The van der Waals surface area contributed by atoms with Gasteiger partial charge in [-0.25, -0.2) is 0 Å². The second kappa shape index (κ2) is 5.70. The first-order chi connectivity index (χ1) is 9.86. The number of fused-ring (bicyclic) bond motifs is 1. The van der Waals surface area contributed by atoms with Crippen molar-refractivity contribution in [3.05, 3.63) is 17.7 Å². The van der Waals surface area contributed by atoms with Crippen LogP contribution in [0.1, 0.15) is 12.0 Å². The molecule has 21 heavy (non-hydrogen) atoms. The van der Waals surface area contributed by atoms with Gasteiger partial charge >= 0.3 is 0 Å². The van der Waals surface area contributed by atoms with Crippen molar-refractivity contribution in [3.63, 3.8) is 0 Å². The van der Waals surface area contributed by atoms with E-state index in [9.17, 15) is 14.4 Å². The van der Waals surface area contributed by atoms with Crippen molar-refractivity contribution in [1.29, 1.82) is 0 Å². The molecule has 0 fully saturated rings. The minimum Gasteiger partial charge on any atom is -0.397 e. The van der Waals surface area contributed by atoms with E-state index in [1.807, 2.05) is 0 Å². The maximum atomic E-state index is 11.4. The molecule has 0 aromatic heterocycles. The summed E-state index contributed by atoms with van der Waals surface area (Å²) in [5.41, 5.74) is 18.7. The summed E-state index contributed by atoms with van der Waals surface area (Å²) >= 11 is 0. The highest BCUT2D eigenvalue weighted by molar-refractivity contribution is 5.96. The molecule has 1 aliphatic rings. The molecule has 112 valence electrons. The number of nitrogens with two attached hydrogens (primary N) is 3. The van der Waals surface area contributed by atoms with Crippen LogP contribution >= 0.6 is 0 Å². The first kappa shape index (κ1) is 14.6. The summed E-state index contributed by atoms with van der Waals surface area (Å²) in [6.45, 7) is -0.337. The Morgan fingerprint density at radius 1 is 1.14 bits per heavy atom. The van der Waals surface area contributed by atoms with E-state index in [4.69, 9.17) is 17.2 Å². The maximum Gasteiger partial charge on any atom is 0.236 e. The number of rotatable bonds is 5. The molecule has 0 atom stereocenters. The van der Waals surface area contributed by atoms with E-state index in [1.165, 1.54) is 4.90 Å². The number of aryl methyl sites for hydroxylation is 1. The molecule has 2 rings (SSSR count). The summed E-state index contributed by atoms with van der Waals surface area (Å²) in [5.74, 6) is -1.26. The topological polar surface area (TPSA) is 145 Å². The molecule has 3 amide bonds. The Hall–Kier alpha value is -2.77. The fraction of sp³-hybridized carbons (Fsp3) is 0.308. The van der Waals surface area contributed by atoms with E-state index >= 15 is 0 Å². The number of hydrogen-bond donors (Lipinski definition) is 4. The van der Waals surface area contributed by atoms with E-state index in [0.29, 0.717) is 29.9 Å². The zero-order valence-electron chi connectivity index (χ0n) is 11.4. The highest BCUT2D eigenvalue weighted by atomic mass is 16.2. The van der Waals surface area contributed by atoms with E-state index in [2.05, 4.69) is 5.32 Å². The van der Waals surface area contributed by atoms with E-state index in [1.54, 1.807) is 12.1 Å². The van der Waals surface area contributed by atoms with Crippen LogP contribution in [-0.2, 0) is 20.8 Å². The Morgan fingerprint density at radius 2 is 1.76 bits per heavy atom. The van der Waals surface area contributed by atoms with Gasteiger partial charge in [-0.15, -0.1) is 0 Å². The standard InChI is InChI=1S/C13H17N5O3/c14-8-4-9-7(1-2-13(21)17-9)3-10(8)18(5-11(15)19)6-12(16)20/h3-4H,1-2,5-6,14H2,(H2,15,19)(H2,16,20)(H,17,21). The molecule has 1 aliphatic heterocycles. The Balaban J connectivity index is 2.38. The zero-order valence-corrected chi connectivity index (χ0v) is 11.4. The van der Waals surface area contributed by atoms with Crippen molar-refractivity contribution >= 4 is 34.8 Å². The minimum absolute atomic E-state index is 0.0687. The third-order valence-corrected chi connectivity index (χ3v) is 3.18. The van der Waals surface area contributed by atoms with Crippen LogP contribution in [0.15, 0.2) is 12.1 Å². The summed E-state index contributed by atoms with van der Waals surface area (Å²) in [4.78, 5) is 35.1. The van der Waals surface area contributed by atoms with Gasteiger partial charge in [-0.1, -0.05) is 0 Å². The summed E-state index contributed by atoms with van der Waals surface area (Å²) in [7, 11) is 0. The van der Waals surface area contributed by atoms with E-state index < -0.39 is 11.8 Å². The second-order valence-electron chi connectivity index (χ2n) is 4.91. The quantitative estimate of drug-likeness (QED) is 0.510. The molecule has 7 N–H and O–H groups in total. The predicted octanol–water partition coefficient (Wildman–Crippen LogP) is -1.07. The van der Waals surface area contributed by atoms with Gasteiger partial charge < -0.3 is 27.4 Å². The molecule has 8 nitrogen and oxygen atoms in total. The van der Waals surface area contributed by atoms with E-state index in [-0.39, 0.29) is 19.0 Å². The molecule has 0 aliphatic carbocycles. The van der Waals surface area contributed by atoms with Crippen molar-refractivity contribution < 1.29 is 14.4 Å². The largest absolute Gasteiger partial charge is 0.397 e. The minimum atomic E-state index is -0.596. The number of nitrogens with zero attached hydrogens (tertiary/aromatic N) is 1. The molecule has 0 bridgehead atoms. The van der Waals surface area contributed by atoms with Crippen molar-refractivity contribution in [3.8, 4) is 0 Å². The molecule has 1 aromatic carbocycles. The normalized spacial score (nSPS) is 13.2. The van der Waals surface area contributed by atoms with E-state index in [0.717, 1.165) is 5.56 Å². The third kappa shape index (κ3) is 3.41. The number of nitrogens with one attached hydrogen (secondary N) is 1. The van der Waals surface area contributed by atoms with Gasteiger partial charge in [0.2, 0.25) is 17.7 Å². The Kier molecular flexibility index (Phi) is 3.97. The molecule has 0 radical (unpaired) electrons. The highest BCUT2D eigenvalue weighted by Gasteiger charge is 2.20. The summed E-state index contributed by atoms with van der Waals surface area (Å²) in [6.07, 6.45) is 0.942. The Morgan fingerprint density at radius 3 is 2.33 bits per heavy atom. The van der Waals surface area contributed by atoms with Gasteiger partial charge in [0.15, 0.2) is 0 Å². The monoisotopic (exact) mass is 291 g/mol. The molecule has 8 heteroatoms. The van der Waals surface area contributed by atoms with Crippen molar-refractivity contribution in [2.24, 2.45) is 11.5 Å². The average molecular weight is 291 g/mol. The third-order valence-electron chi connectivity index (χ3n) is 3.18. The van der Waals surface area contributed by atoms with Gasteiger partial charge in [0.05, 0.1) is 24.5 Å². The Labute approximate surface area is 121 Å². The van der Waals surface area contributed by atoms with Gasteiger partial charge in [-0.05, 0) is 24.1 Å². The average Bonchev–Trinajstić information content (AvgIpc) is 2.35.